The number of benzene rings is 3. The number of hydrazone groups is 1. The van der Waals surface area contributed by atoms with E-state index in [0.717, 1.165) is 32.6 Å². The number of carbonyl (C=O) groups is 1. The minimum atomic E-state index is -0.170. The van der Waals surface area contributed by atoms with E-state index in [1.807, 2.05) is 88.4 Å². The Balaban J connectivity index is 1.50. The van der Waals surface area contributed by atoms with Crippen LogP contribution in [0.1, 0.15) is 30.5 Å². The van der Waals surface area contributed by atoms with Gasteiger partial charge in [0.25, 0.3) is 5.91 Å². The number of carbonyl (C=O) groups excluding carboxylic acids is 1. The highest BCUT2D eigenvalue weighted by atomic mass is 79.9. The predicted octanol–water partition coefficient (Wildman–Crippen LogP) is 6.73. The second-order valence-corrected chi connectivity index (χ2v) is 9.28. The van der Waals surface area contributed by atoms with Crippen LogP contribution in [0.4, 0.5) is 5.69 Å². The number of aryl methyl sites for hydroxylation is 2. The van der Waals surface area contributed by atoms with Crippen molar-refractivity contribution in [2.45, 2.75) is 27.7 Å². The van der Waals surface area contributed by atoms with Crippen molar-refractivity contribution < 1.29 is 19.0 Å². The number of nitrogens with zero attached hydrogens (tertiary/aromatic N) is 2. The van der Waals surface area contributed by atoms with E-state index in [-0.39, 0.29) is 5.91 Å². The van der Waals surface area contributed by atoms with Crippen molar-refractivity contribution in [3.63, 3.8) is 0 Å². The van der Waals surface area contributed by atoms with Gasteiger partial charge in [-0.05, 0) is 96.7 Å². The van der Waals surface area contributed by atoms with Crippen molar-refractivity contribution in [2.24, 2.45) is 5.10 Å². The van der Waals surface area contributed by atoms with Crippen molar-refractivity contribution in [3.05, 3.63) is 87.4 Å². The molecule has 0 saturated heterocycles. The molecule has 0 bridgehead atoms. The Morgan fingerprint density at radius 2 is 1.67 bits per heavy atom. The van der Waals surface area contributed by atoms with E-state index in [9.17, 15) is 4.79 Å². The smallest absolute Gasteiger partial charge is 0.280 e. The third kappa shape index (κ3) is 5.79. The first-order chi connectivity index (χ1) is 17.4. The highest BCUT2D eigenvalue weighted by molar-refractivity contribution is 9.10. The molecule has 0 saturated carbocycles. The van der Waals surface area contributed by atoms with Crippen molar-refractivity contribution in [1.82, 2.24) is 0 Å². The Hall–Kier alpha value is -3.58. The van der Waals surface area contributed by atoms with Crippen LogP contribution >= 0.6 is 15.9 Å². The number of rotatable bonds is 9. The first-order valence-corrected chi connectivity index (χ1v) is 12.6. The molecule has 0 fully saturated rings. The summed E-state index contributed by atoms with van der Waals surface area (Å²) in [6.45, 7) is 9.03. The van der Waals surface area contributed by atoms with Crippen molar-refractivity contribution in [1.29, 1.82) is 0 Å². The SMILES string of the molecule is CCOc1cc(C=C2C(=O)N(c3ccccc3)N=C2C)cc(Br)c1OCCOc1cc(C)ccc1C. The Morgan fingerprint density at radius 1 is 0.917 bits per heavy atom. The van der Waals surface area contributed by atoms with Crippen molar-refractivity contribution in [3.8, 4) is 17.2 Å². The first kappa shape index (κ1) is 25.5. The molecule has 36 heavy (non-hydrogen) atoms. The highest BCUT2D eigenvalue weighted by Crippen LogP contribution is 2.38. The Bertz CT molecular complexity index is 1320. The third-order valence-electron chi connectivity index (χ3n) is 5.64. The maximum Gasteiger partial charge on any atom is 0.280 e. The summed E-state index contributed by atoms with van der Waals surface area (Å²) in [4.78, 5) is 13.1. The van der Waals surface area contributed by atoms with Gasteiger partial charge in [-0.15, -0.1) is 0 Å². The highest BCUT2D eigenvalue weighted by Gasteiger charge is 2.28. The molecule has 3 aromatic carbocycles. The molecule has 1 heterocycles. The van der Waals surface area contributed by atoms with Crippen LogP contribution in [0.2, 0.25) is 0 Å². The van der Waals surface area contributed by atoms with Gasteiger partial charge in [-0.25, -0.2) is 0 Å². The van der Waals surface area contributed by atoms with Gasteiger partial charge in [0.05, 0.1) is 28.1 Å². The molecule has 0 aromatic heterocycles. The minimum absolute atomic E-state index is 0.170. The molecule has 0 aliphatic carbocycles. The lowest BCUT2D eigenvalue weighted by Gasteiger charge is -2.16. The van der Waals surface area contributed by atoms with Gasteiger partial charge in [0.15, 0.2) is 11.5 Å². The summed E-state index contributed by atoms with van der Waals surface area (Å²) in [5.41, 5.74) is 4.95. The number of hydrogen-bond acceptors (Lipinski definition) is 5. The lowest BCUT2D eigenvalue weighted by atomic mass is 10.1. The number of para-hydroxylation sites is 1. The standard InChI is InChI=1S/C29H29BrN2O4/c1-5-34-27-18-22(16-24-21(4)31-32(29(24)33)23-9-7-6-8-10-23)17-25(30)28(27)36-14-13-35-26-15-19(2)11-12-20(26)3/h6-12,15-18H,5,13-14H2,1-4H3. The van der Waals surface area contributed by atoms with Gasteiger partial charge in [0.2, 0.25) is 0 Å². The van der Waals surface area contributed by atoms with Gasteiger partial charge >= 0.3 is 0 Å². The van der Waals surface area contributed by atoms with E-state index < -0.39 is 0 Å². The number of amides is 1. The molecule has 6 nitrogen and oxygen atoms in total. The normalized spacial score (nSPS) is 14.2. The summed E-state index contributed by atoms with van der Waals surface area (Å²) in [5, 5.41) is 5.88. The molecule has 4 rings (SSSR count). The van der Waals surface area contributed by atoms with Crippen LogP contribution in [0.15, 0.2) is 75.8 Å². The van der Waals surface area contributed by atoms with Gasteiger partial charge in [-0.2, -0.15) is 10.1 Å². The van der Waals surface area contributed by atoms with Crippen molar-refractivity contribution in [2.75, 3.05) is 24.8 Å². The molecule has 0 radical (unpaired) electrons. The average Bonchev–Trinajstić information content (AvgIpc) is 3.14. The fourth-order valence-corrected chi connectivity index (χ4v) is 4.40. The summed E-state index contributed by atoms with van der Waals surface area (Å²) in [6, 6.07) is 19.3. The van der Waals surface area contributed by atoms with E-state index in [1.165, 1.54) is 5.01 Å². The zero-order chi connectivity index (χ0) is 25.7. The lowest BCUT2D eigenvalue weighted by Crippen LogP contribution is -2.21. The molecule has 0 N–H and O–H groups in total. The third-order valence-corrected chi connectivity index (χ3v) is 6.23. The van der Waals surface area contributed by atoms with Crippen LogP contribution in [0.25, 0.3) is 6.08 Å². The second-order valence-electron chi connectivity index (χ2n) is 8.42. The molecular weight excluding hydrogens is 520 g/mol. The number of halogens is 1. The van der Waals surface area contributed by atoms with Gasteiger partial charge in [-0.3, -0.25) is 4.79 Å². The van der Waals surface area contributed by atoms with Crippen molar-refractivity contribution >= 4 is 39.3 Å². The van der Waals surface area contributed by atoms with Gasteiger partial charge in [0, 0.05) is 0 Å². The average molecular weight is 549 g/mol. The van der Waals surface area contributed by atoms with Crippen LogP contribution in [-0.4, -0.2) is 31.4 Å². The van der Waals surface area contributed by atoms with Crippen LogP contribution in [0.5, 0.6) is 17.2 Å². The van der Waals surface area contributed by atoms with E-state index in [4.69, 9.17) is 14.2 Å². The lowest BCUT2D eigenvalue weighted by molar-refractivity contribution is -0.114. The minimum Gasteiger partial charge on any atom is -0.490 e. The predicted molar refractivity (Wildman–Crippen MR) is 147 cm³/mol. The van der Waals surface area contributed by atoms with E-state index in [2.05, 4.69) is 27.1 Å². The van der Waals surface area contributed by atoms with E-state index in [1.54, 1.807) is 0 Å². The summed E-state index contributed by atoms with van der Waals surface area (Å²) in [6.07, 6.45) is 1.82. The fourth-order valence-electron chi connectivity index (χ4n) is 3.83. The maximum atomic E-state index is 13.1. The second kappa shape index (κ2) is 11.4. The van der Waals surface area contributed by atoms with Crippen LogP contribution in [-0.2, 0) is 4.79 Å². The summed E-state index contributed by atoms with van der Waals surface area (Å²) in [7, 11) is 0. The fraction of sp³-hybridized carbons (Fsp3) is 0.241. The van der Waals surface area contributed by atoms with E-state index in [0.29, 0.717) is 42.6 Å². The number of hydrogen-bond donors (Lipinski definition) is 0. The molecular formula is C29H29BrN2O4. The van der Waals surface area contributed by atoms with Gasteiger partial charge in [0.1, 0.15) is 19.0 Å². The van der Waals surface area contributed by atoms with Crippen LogP contribution < -0.4 is 19.2 Å². The largest absolute Gasteiger partial charge is 0.490 e. The molecule has 1 amide bonds. The zero-order valence-electron chi connectivity index (χ0n) is 20.9. The number of ether oxygens (including phenoxy) is 3. The number of anilines is 1. The van der Waals surface area contributed by atoms with Crippen LogP contribution in [0, 0.1) is 13.8 Å². The Labute approximate surface area is 220 Å². The van der Waals surface area contributed by atoms with E-state index >= 15 is 0 Å². The quantitative estimate of drug-likeness (QED) is 0.220. The molecule has 0 atom stereocenters. The summed E-state index contributed by atoms with van der Waals surface area (Å²) < 4.78 is 18.5. The summed E-state index contributed by atoms with van der Waals surface area (Å²) in [5.74, 6) is 1.87. The molecule has 1 aliphatic rings. The monoisotopic (exact) mass is 548 g/mol. The first-order valence-electron chi connectivity index (χ1n) is 11.8. The van der Waals surface area contributed by atoms with Crippen LogP contribution in [0.3, 0.4) is 0 Å². The Morgan fingerprint density at radius 3 is 2.42 bits per heavy atom. The topological polar surface area (TPSA) is 60.4 Å². The molecule has 186 valence electrons. The molecule has 7 heteroatoms. The molecule has 1 aliphatic heterocycles. The molecule has 0 unspecified atom stereocenters. The zero-order valence-corrected chi connectivity index (χ0v) is 22.5. The Kier molecular flexibility index (Phi) is 8.10. The van der Waals surface area contributed by atoms with Gasteiger partial charge < -0.3 is 14.2 Å². The maximum absolute atomic E-state index is 13.1. The molecule has 0 spiro atoms. The summed E-state index contributed by atoms with van der Waals surface area (Å²) >= 11 is 3.61. The molecule has 3 aromatic rings. The van der Waals surface area contributed by atoms with Gasteiger partial charge in [-0.1, -0.05) is 30.3 Å².